The minimum absolute atomic E-state index is 0.146. The molecule has 0 aliphatic carbocycles. The normalized spacial score (nSPS) is 12.5. The van der Waals surface area contributed by atoms with E-state index < -0.39 is 6.10 Å². The number of H-pyrrole nitrogens is 1. The summed E-state index contributed by atoms with van der Waals surface area (Å²) in [5, 5.41) is 27.2. The molecule has 0 aliphatic heterocycles. The number of anilines is 1. The van der Waals surface area contributed by atoms with E-state index in [4.69, 9.17) is 10.2 Å². The summed E-state index contributed by atoms with van der Waals surface area (Å²) in [6.07, 6.45) is -0.773. The van der Waals surface area contributed by atoms with Gasteiger partial charge in [0.2, 0.25) is 5.91 Å². The van der Waals surface area contributed by atoms with Crippen molar-refractivity contribution in [1.82, 2.24) is 10.2 Å². The summed E-state index contributed by atoms with van der Waals surface area (Å²) in [6.45, 7) is 3.36. The van der Waals surface area contributed by atoms with Gasteiger partial charge < -0.3 is 15.5 Å². The lowest BCUT2D eigenvalue weighted by molar-refractivity contribution is -0.113. The maximum absolute atomic E-state index is 11.6. The fourth-order valence-electron chi connectivity index (χ4n) is 1.25. The quantitative estimate of drug-likeness (QED) is 0.579. The number of aliphatic hydroxyl groups is 2. The maximum Gasteiger partial charge on any atom is 0.234 e. The number of carbonyl (C=O) groups is 1. The molecule has 0 aromatic carbocycles. The van der Waals surface area contributed by atoms with Crippen LogP contribution in [-0.4, -0.2) is 50.5 Å². The molecule has 0 fully saturated rings. The van der Waals surface area contributed by atoms with Crippen molar-refractivity contribution in [2.75, 3.05) is 23.4 Å². The highest BCUT2D eigenvalue weighted by Gasteiger charge is 2.10. The van der Waals surface area contributed by atoms with Gasteiger partial charge in [-0.1, -0.05) is 0 Å². The van der Waals surface area contributed by atoms with Crippen LogP contribution in [0.1, 0.15) is 11.4 Å². The minimum Gasteiger partial charge on any atom is -0.394 e. The lowest BCUT2D eigenvalue weighted by Gasteiger charge is -2.07. The number of aromatic amines is 1. The van der Waals surface area contributed by atoms with Gasteiger partial charge in [0, 0.05) is 5.75 Å². The predicted molar refractivity (Wildman–Crippen MR) is 67.1 cm³/mol. The number of aryl methyl sites for hydroxylation is 2. The van der Waals surface area contributed by atoms with Gasteiger partial charge in [-0.2, -0.15) is 5.10 Å². The van der Waals surface area contributed by atoms with Crippen LogP contribution in [0.25, 0.3) is 0 Å². The van der Waals surface area contributed by atoms with E-state index in [2.05, 4.69) is 15.5 Å². The van der Waals surface area contributed by atoms with Gasteiger partial charge in [-0.05, 0) is 13.8 Å². The molecule has 7 heteroatoms. The first-order chi connectivity index (χ1) is 8.04. The Morgan fingerprint density at radius 1 is 1.59 bits per heavy atom. The Morgan fingerprint density at radius 2 is 2.29 bits per heavy atom. The van der Waals surface area contributed by atoms with Crippen LogP contribution in [0.3, 0.4) is 0 Å². The molecule has 0 saturated heterocycles. The van der Waals surface area contributed by atoms with E-state index >= 15 is 0 Å². The molecule has 1 atom stereocenters. The van der Waals surface area contributed by atoms with Crippen LogP contribution in [0, 0.1) is 13.8 Å². The summed E-state index contributed by atoms with van der Waals surface area (Å²) in [7, 11) is 0. The Balaban J connectivity index is 2.35. The molecular formula is C10H17N3O3S. The predicted octanol–water partition coefficient (Wildman–Crippen LogP) is 0.0514. The number of hydrogen-bond acceptors (Lipinski definition) is 5. The molecule has 0 spiro atoms. The zero-order valence-electron chi connectivity index (χ0n) is 9.86. The number of carbonyl (C=O) groups excluding carboxylic acids is 1. The highest BCUT2D eigenvalue weighted by Crippen LogP contribution is 2.16. The fourth-order valence-corrected chi connectivity index (χ4v) is 2.00. The summed E-state index contributed by atoms with van der Waals surface area (Å²) in [5.41, 5.74) is 2.27. The van der Waals surface area contributed by atoms with Crippen LogP contribution in [0.2, 0.25) is 0 Å². The molecule has 6 nitrogen and oxygen atoms in total. The van der Waals surface area contributed by atoms with Gasteiger partial charge in [0.1, 0.15) is 0 Å². The molecule has 1 heterocycles. The van der Waals surface area contributed by atoms with Crippen LogP contribution >= 0.6 is 11.8 Å². The largest absolute Gasteiger partial charge is 0.394 e. The van der Waals surface area contributed by atoms with Gasteiger partial charge >= 0.3 is 0 Å². The molecule has 1 unspecified atom stereocenters. The van der Waals surface area contributed by atoms with Crippen molar-refractivity contribution in [3.05, 3.63) is 11.4 Å². The smallest absolute Gasteiger partial charge is 0.234 e. The first kappa shape index (κ1) is 14.0. The third kappa shape index (κ3) is 4.37. The lowest BCUT2D eigenvalue weighted by atomic mass is 10.3. The number of thioether (sulfide) groups is 1. The van der Waals surface area contributed by atoms with Gasteiger partial charge in [-0.25, -0.2) is 0 Å². The van der Waals surface area contributed by atoms with Crippen molar-refractivity contribution < 1.29 is 15.0 Å². The second kappa shape index (κ2) is 6.63. The Bertz CT molecular complexity index is 361. The van der Waals surface area contributed by atoms with Crippen molar-refractivity contribution in [1.29, 1.82) is 0 Å². The van der Waals surface area contributed by atoms with Crippen molar-refractivity contribution in [3.8, 4) is 0 Å². The summed E-state index contributed by atoms with van der Waals surface area (Å²) in [4.78, 5) is 11.6. The average molecular weight is 259 g/mol. The minimum atomic E-state index is -0.773. The summed E-state index contributed by atoms with van der Waals surface area (Å²) < 4.78 is 0. The van der Waals surface area contributed by atoms with E-state index in [1.807, 2.05) is 13.8 Å². The lowest BCUT2D eigenvalue weighted by Crippen LogP contribution is -2.19. The van der Waals surface area contributed by atoms with E-state index in [1.54, 1.807) is 0 Å². The number of hydrogen-bond donors (Lipinski definition) is 4. The maximum atomic E-state index is 11.6. The molecular weight excluding hydrogens is 242 g/mol. The molecule has 0 saturated carbocycles. The van der Waals surface area contributed by atoms with Gasteiger partial charge in [-0.3, -0.25) is 9.89 Å². The Hall–Kier alpha value is -1.05. The summed E-state index contributed by atoms with van der Waals surface area (Å²) >= 11 is 1.27. The molecule has 1 aromatic rings. The number of aromatic nitrogens is 2. The van der Waals surface area contributed by atoms with Crippen LogP contribution in [0.5, 0.6) is 0 Å². The Kier molecular flexibility index (Phi) is 5.46. The van der Waals surface area contributed by atoms with Crippen LogP contribution in [0.4, 0.5) is 5.69 Å². The Morgan fingerprint density at radius 3 is 2.82 bits per heavy atom. The second-order valence-electron chi connectivity index (χ2n) is 3.71. The van der Waals surface area contributed by atoms with Crippen molar-refractivity contribution in [2.45, 2.75) is 20.0 Å². The van der Waals surface area contributed by atoms with E-state index in [0.29, 0.717) is 11.4 Å². The van der Waals surface area contributed by atoms with Crippen LogP contribution < -0.4 is 5.32 Å². The molecule has 96 valence electrons. The molecule has 1 amide bonds. The van der Waals surface area contributed by atoms with Crippen molar-refractivity contribution in [3.63, 3.8) is 0 Å². The standard InChI is InChI=1S/C10H17N3O3S/c1-6-10(7(2)13-12-6)11-9(16)5-17-4-8(15)3-14/h8,14-15H,3-5H2,1-2H3,(H,11,16)(H,12,13). The highest BCUT2D eigenvalue weighted by atomic mass is 32.2. The third-order valence-corrected chi connectivity index (χ3v) is 3.23. The second-order valence-corrected chi connectivity index (χ2v) is 4.74. The first-order valence-corrected chi connectivity index (χ1v) is 6.38. The van der Waals surface area contributed by atoms with Gasteiger partial charge in [-0.15, -0.1) is 11.8 Å². The van der Waals surface area contributed by atoms with E-state index in [9.17, 15) is 4.79 Å². The summed E-state index contributed by atoms with van der Waals surface area (Å²) in [6, 6.07) is 0. The highest BCUT2D eigenvalue weighted by molar-refractivity contribution is 8.00. The van der Waals surface area contributed by atoms with Crippen LogP contribution in [0.15, 0.2) is 0 Å². The summed E-state index contributed by atoms with van der Waals surface area (Å²) in [5.74, 6) is 0.432. The molecule has 4 N–H and O–H groups in total. The molecule has 17 heavy (non-hydrogen) atoms. The van der Waals surface area contributed by atoms with Gasteiger partial charge in [0.15, 0.2) is 0 Å². The van der Waals surface area contributed by atoms with Gasteiger partial charge in [0.05, 0.1) is 35.5 Å². The fraction of sp³-hybridized carbons (Fsp3) is 0.600. The SMILES string of the molecule is Cc1n[nH]c(C)c1NC(=O)CSCC(O)CO. The first-order valence-electron chi connectivity index (χ1n) is 5.22. The van der Waals surface area contributed by atoms with E-state index in [1.165, 1.54) is 11.8 Å². The molecule has 0 bridgehead atoms. The zero-order chi connectivity index (χ0) is 12.8. The average Bonchev–Trinajstić information content (AvgIpc) is 2.60. The van der Waals surface area contributed by atoms with Crippen molar-refractivity contribution >= 4 is 23.4 Å². The van der Waals surface area contributed by atoms with E-state index in [0.717, 1.165) is 11.4 Å². The number of rotatable bonds is 6. The molecule has 0 aliphatic rings. The topological polar surface area (TPSA) is 98.2 Å². The van der Waals surface area contributed by atoms with Crippen molar-refractivity contribution in [2.24, 2.45) is 0 Å². The molecule has 1 rings (SSSR count). The molecule has 0 radical (unpaired) electrons. The Labute approximate surface area is 104 Å². The monoisotopic (exact) mass is 259 g/mol. The number of aliphatic hydroxyl groups excluding tert-OH is 2. The van der Waals surface area contributed by atoms with Gasteiger partial charge in [0.25, 0.3) is 0 Å². The zero-order valence-corrected chi connectivity index (χ0v) is 10.7. The van der Waals surface area contributed by atoms with E-state index in [-0.39, 0.29) is 18.3 Å². The third-order valence-electron chi connectivity index (χ3n) is 2.15. The molecule has 1 aromatic heterocycles. The number of amides is 1. The number of nitrogens with zero attached hydrogens (tertiary/aromatic N) is 1. The van der Waals surface area contributed by atoms with Crippen LogP contribution in [-0.2, 0) is 4.79 Å². The number of nitrogens with one attached hydrogen (secondary N) is 2.